The largest absolute Gasteiger partial charge is 0.463 e. The first-order chi connectivity index (χ1) is 10.3. The lowest BCUT2D eigenvalue weighted by Crippen LogP contribution is -2.01. The van der Waals surface area contributed by atoms with E-state index in [0.717, 1.165) is 18.4 Å². The maximum atomic E-state index is 11.5. The summed E-state index contributed by atoms with van der Waals surface area (Å²) >= 11 is 0. The van der Waals surface area contributed by atoms with Crippen LogP contribution in [0.3, 0.4) is 0 Å². The Morgan fingerprint density at radius 1 is 1.00 bits per heavy atom. The van der Waals surface area contributed by atoms with E-state index in [0.29, 0.717) is 6.61 Å². The van der Waals surface area contributed by atoms with Crippen LogP contribution in [0.5, 0.6) is 0 Å². The summed E-state index contributed by atoms with van der Waals surface area (Å²) in [6, 6.07) is 18.3. The van der Waals surface area contributed by atoms with Gasteiger partial charge in [-0.15, -0.1) is 0 Å². The third-order valence-electron chi connectivity index (χ3n) is 3.17. The molecule has 0 heterocycles. The number of hydrogen-bond donors (Lipinski definition) is 0. The fraction of sp³-hybridized carbons (Fsp3) is 0.211. The lowest BCUT2D eigenvalue weighted by Gasteiger charge is -2.02. The number of hydrogen-bond acceptors (Lipinski definition) is 2. The van der Waals surface area contributed by atoms with E-state index in [4.69, 9.17) is 4.74 Å². The first-order valence-corrected chi connectivity index (χ1v) is 7.30. The van der Waals surface area contributed by atoms with E-state index < -0.39 is 0 Å². The van der Waals surface area contributed by atoms with Crippen molar-refractivity contribution in [1.29, 1.82) is 0 Å². The lowest BCUT2D eigenvalue weighted by molar-refractivity contribution is -0.137. The minimum absolute atomic E-state index is 0.282. The average molecular weight is 280 g/mol. The molecule has 0 radical (unpaired) electrons. The predicted molar refractivity (Wildman–Crippen MR) is 86.8 cm³/mol. The quantitative estimate of drug-likeness (QED) is 0.435. The molecule has 0 aliphatic carbocycles. The van der Waals surface area contributed by atoms with Gasteiger partial charge in [0.1, 0.15) is 0 Å². The van der Waals surface area contributed by atoms with E-state index in [1.165, 1.54) is 17.2 Å². The molecular weight excluding hydrogens is 260 g/mol. The molecule has 0 atom stereocenters. The van der Waals surface area contributed by atoms with Crippen LogP contribution < -0.4 is 0 Å². The highest BCUT2D eigenvalue weighted by Gasteiger charge is 1.98. The van der Waals surface area contributed by atoms with Gasteiger partial charge >= 0.3 is 5.97 Å². The van der Waals surface area contributed by atoms with Crippen LogP contribution in [0.4, 0.5) is 0 Å². The molecule has 21 heavy (non-hydrogen) atoms. The van der Waals surface area contributed by atoms with Crippen molar-refractivity contribution in [3.8, 4) is 11.1 Å². The Morgan fingerprint density at radius 3 is 2.33 bits per heavy atom. The van der Waals surface area contributed by atoms with Crippen LogP contribution >= 0.6 is 0 Å². The van der Waals surface area contributed by atoms with Crippen molar-refractivity contribution in [2.24, 2.45) is 0 Å². The standard InChI is InChI=1S/C19H20O2/c1-2-3-15-21-19(20)14-11-16-9-12-18(13-10-16)17-7-5-4-6-8-17/h4-14H,2-3,15H2,1H3/b14-11+. The molecule has 2 rings (SSSR count). The monoisotopic (exact) mass is 280 g/mol. The van der Waals surface area contributed by atoms with Crippen molar-refractivity contribution in [2.45, 2.75) is 19.8 Å². The van der Waals surface area contributed by atoms with Crippen molar-refractivity contribution in [2.75, 3.05) is 6.61 Å². The summed E-state index contributed by atoms with van der Waals surface area (Å²) < 4.78 is 5.07. The van der Waals surface area contributed by atoms with E-state index in [2.05, 4.69) is 31.2 Å². The topological polar surface area (TPSA) is 26.3 Å². The van der Waals surface area contributed by atoms with Crippen LogP contribution in [-0.4, -0.2) is 12.6 Å². The predicted octanol–water partition coefficient (Wildman–Crippen LogP) is 4.71. The van der Waals surface area contributed by atoms with Crippen molar-refractivity contribution in [1.82, 2.24) is 0 Å². The SMILES string of the molecule is CCCCOC(=O)/C=C/c1ccc(-c2ccccc2)cc1. The minimum atomic E-state index is -0.282. The number of ether oxygens (including phenoxy) is 1. The van der Waals surface area contributed by atoms with Gasteiger partial charge in [-0.3, -0.25) is 0 Å². The summed E-state index contributed by atoms with van der Waals surface area (Å²) in [5, 5.41) is 0. The molecule has 108 valence electrons. The van der Waals surface area contributed by atoms with Crippen molar-refractivity contribution in [3.05, 3.63) is 66.2 Å². The number of esters is 1. The van der Waals surface area contributed by atoms with Gasteiger partial charge in [0.15, 0.2) is 0 Å². The smallest absolute Gasteiger partial charge is 0.330 e. The zero-order valence-corrected chi connectivity index (χ0v) is 12.3. The molecule has 0 saturated heterocycles. The molecule has 0 amide bonds. The van der Waals surface area contributed by atoms with E-state index >= 15 is 0 Å². The van der Waals surface area contributed by atoms with Gasteiger partial charge in [-0.25, -0.2) is 4.79 Å². The second-order valence-electron chi connectivity index (χ2n) is 4.84. The van der Waals surface area contributed by atoms with Gasteiger partial charge in [-0.1, -0.05) is 67.9 Å². The number of carbonyl (C=O) groups is 1. The second-order valence-corrected chi connectivity index (χ2v) is 4.84. The number of unbranched alkanes of at least 4 members (excludes halogenated alkanes) is 1. The lowest BCUT2D eigenvalue weighted by atomic mass is 10.0. The maximum Gasteiger partial charge on any atom is 0.330 e. The molecule has 0 aliphatic heterocycles. The van der Waals surface area contributed by atoms with Crippen LogP contribution in [0.25, 0.3) is 17.2 Å². The fourth-order valence-electron chi connectivity index (χ4n) is 1.95. The Balaban J connectivity index is 1.95. The molecule has 2 aromatic carbocycles. The summed E-state index contributed by atoms with van der Waals surface area (Å²) in [7, 11) is 0. The van der Waals surface area contributed by atoms with Gasteiger partial charge in [0, 0.05) is 6.08 Å². The first-order valence-electron chi connectivity index (χ1n) is 7.30. The van der Waals surface area contributed by atoms with Crippen LogP contribution in [0.2, 0.25) is 0 Å². The molecule has 0 aliphatic rings. The molecule has 0 spiro atoms. The first kappa shape index (κ1) is 15.0. The average Bonchev–Trinajstić information content (AvgIpc) is 2.54. The van der Waals surface area contributed by atoms with Gasteiger partial charge in [0.2, 0.25) is 0 Å². The molecule has 0 saturated carbocycles. The Bertz CT molecular complexity index is 583. The minimum Gasteiger partial charge on any atom is -0.463 e. The van der Waals surface area contributed by atoms with Crippen LogP contribution in [0.15, 0.2) is 60.7 Å². The van der Waals surface area contributed by atoms with E-state index in [1.54, 1.807) is 6.08 Å². The molecule has 0 bridgehead atoms. The molecule has 0 unspecified atom stereocenters. The summed E-state index contributed by atoms with van der Waals surface area (Å²) in [5.41, 5.74) is 3.34. The highest BCUT2D eigenvalue weighted by molar-refractivity contribution is 5.87. The third-order valence-corrected chi connectivity index (χ3v) is 3.17. The normalized spacial score (nSPS) is 10.7. The fourth-order valence-corrected chi connectivity index (χ4v) is 1.95. The third kappa shape index (κ3) is 4.92. The summed E-state index contributed by atoms with van der Waals surface area (Å²) in [6.45, 7) is 2.56. The van der Waals surface area contributed by atoms with E-state index in [1.807, 2.05) is 30.3 Å². The Hall–Kier alpha value is -2.35. The van der Waals surface area contributed by atoms with Crippen molar-refractivity contribution >= 4 is 12.0 Å². The Labute approximate surface area is 126 Å². The number of carbonyl (C=O) groups excluding carboxylic acids is 1. The van der Waals surface area contributed by atoms with Gasteiger partial charge in [0.25, 0.3) is 0 Å². The number of benzene rings is 2. The van der Waals surface area contributed by atoms with E-state index in [-0.39, 0.29) is 5.97 Å². The molecule has 2 heteroatoms. The summed E-state index contributed by atoms with van der Waals surface area (Å²) in [6.07, 6.45) is 5.19. The highest BCUT2D eigenvalue weighted by atomic mass is 16.5. The summed E-state index contributed by atoms with van der Waals surface area (Å²) in [5.74, 6) is -0.282. The van der Waals surface area contributed by atoms with Crippen molar-refractivity contribution in [3.63, 3.8) is 0 Å². The Kier molecular flexibility index (Phi) is 5.77. The van der Waals surface area contributed by atoms with Crippen LogP contribution in [-0.2, 0) is 9.53 Å². The van der Waals surface area contributed by atoms with Gasteiger partial charge in [-0.2, -0.15) is 0 Å². The van der Waals surface area contributed by atoms with Gasteiger partial charge in [-0.05, 0) is 29.2 Å². The second kappa shape index (κ2) is 8.05. The zero-order valence-electron chi connectivity index (χ0n) is 12.3. The molecule has 0 N–H and O–H groups in total. The number of rotatable bonds is 6. The molecule has 2 nitrogen and oxygen atoms in total. The van der Waals surface area contributed by atoms with Gasteiger partial charge < -0.3 is 4.74 Å². The highest BCUT2D eigenvalue weighted by Crippen LogP contribution is 2.19. The molecule has 0 aromatic heterocycles. The van der Waals surface area contributed by atoms with Crippen LogP contribution in [0.1, 0.15) is 25.3 Å². The maximum absolute atomic E-state index is 11.5. The van der Waals surface area contributed by atoms with E-state index in [9.17, 15) is 4.79 Å². The van der Waals surface area contributed by atoms with Crippen LogP contribution in [0, 0.1) is 0 Å². The summed E-state index contributed by atoms with van der Waals surface area (Å²) in [4.78, 5) is 11.5. The van der Waals surface area contributed by atoms with Crippen molar-refractivity contribution < 1.29 is 9.53 Å². The molecule has 2 aromatic rings. The Morgan fingerprint density at radius 2 is 1.67 bits per heavy atom. The molecule has 0 fully saturated rings. The zero-order chi connectivity index (χ0) is 14.9. The van der Waals surface area contributed by atoms with Gasteiger partial charge in [0.05, 0.1) is 6.61 Å². The molecular formula is C19H20O2.